The minimum absolute atomic E-state index is 0. The summed E-state index contributed by atoms with van der Waals surface area (Å²) in [6.07, 6.45) is 0. The van der Waals surface area contributed by atoms with Crippen molar-refractivity contribution in [2.45, 2.75) is 5.41 Å². The molecule has 0 unspecified atom stereocenters. The van der Waals surface area contributed by atoms with Crippen molar-refractivity contribution in [3.05, 3.63) is 192 Å². The van der Waals surface area contributed by atoms with E-state index in [2.05, 4.69) is 173 Å². The standard InChI is InChI=1S/C45H28N3.Pt/c1-46-30-47(44-25-12-11-24-43(44)46)34-17-13-14-31(28-34)45(39-21-8-5-18-35(39)36-19-6-9-22-40(36)45)32-26-27-42-38(29-32)37-20-7-10-23-41(37)48(42)33-15-3-2-4-16-33;/h2-15,17-25,27,29H,1H3;/q-1;. The van der Waals surface area contributed by atoms with Gasteiger partial charge in [0.25, 0.3) is 11.4 Å². The van der Waals surface area contributed by atoms with Crippen molar-refractivity contribution in [3.8, 4) is 16.8 Å². The molecule has 1 aliphatic heterocycles. The first-order valence-corrected chi connectivity index (χ1v) is 16.3. The summed E-state index contributed by atoms with van der Waals surface area (Å²) in [5.41, 5.74) is 12.9. The normalized spacial score (nSPS) is 13.7. The average Bonchev–Trinajstić information content (AvgIpc) is 3.78. The molecule has 3 nitrogen and oxygen atoms in total. The van der Waals surface area contributed by atoms with Crippen LogP contribution in [-0.4, -0.2) is 22.2 Å². The van der Waals surface area contributed by atoms with Crippen LogP contribution in [0.1, 0.15) is 22.3 Å². The summed E-state index contributed by atoms with van der Waals surface area (Å²) in [6.45, 7) is 0. The summed E-state index contributed by atoms with van der Waals surface area (Å²) >= 11 is 0. The fourth-order valence-corrected chi connectivity index (χ4v) is 8.05. The van der Waals surface area contributed by atoms with Crippen molar-refractivity contribution in [2.24, 2.45) is 0 Å². The van der Waals surface area contributed by atoms with E-state index < -0.39 is 5.41 Å². The van der Waals surface area contributed by atoms with Gasteiger partial charge in [-0.15, -0.1) is 28.6 Å². The van der Waals surface area contributed by atoms with Gasteiger partial charge in [0, 0.05) is 44.1 Å². The molecular weight excluding hydrogens is 778 g/mol. The molecule has 0 amide bonds. The van der Waals surface area contributed by atoms with Gasteiger partial charge in [-0.1, -0.05) is 105 Å². The van der Waals surface area contributed by atoms with Crippen LogP contribution in [0.15, 0.2) is 152 Å². The number of rotatable bonds is 4. The van der Waals surface area contributed by atoms with E-state index in [-0.39, 0.29) is 21.1 Å². The van der Waals surface area contributed by atoms with Crippen LogP contribution in [0.25, 0.3) is 38.6 Å². The Kier molecular flexibility index (Phi) is 6.78. The number of nitrogens with zero attached hydrogens (tertiary/aromatic N) is 3. The molecule has 0 bridgehead atoms. The van der Waals surface area contributed by atoms with Crippen molar-refractivity contribution >= 4 is 44.9 Å². The first-order valence-electron chi connectivity index (χ1n) is 16.3. The summed E-state index contributed by atoms with van der Waals surface area (Å²) in [4.78, 5) is 0. The largest absolute Gasteiger partial charge is 0.494 e. The minimum atomic E-state index is -0.648. The Morgan fingerprint density at radius 2 is 1.31 bits per heavy atom. The molecule has 0 spiro atoms. The number of benzene rings is 7. The Balaban J connectivity index is 0.00000325. The van der Waals surface area contributed by atoms with Gasteiger partial charge >= 0.3 is 6.01 Å². The SMILES string of the molecule is C[N+]1=C=[N+](c2[c-]c(C3(c4[c-]cc5c(c4)c4ccccc4n5-c4[c-]cccc4)c4ccccc4-c4ccccc43)ccc2)c2ccccc21.[Pt]. The van der Waals surface area contributed by atoms with E-state index in [1.165, 1.54) is 33.0 Å². The van der Waals surface area contributed by atoms with Gasteiger partial charge in [-0.2, -0.15) is 54.6 Å². The third-order valence-electron chi connectivity index (χ3n) is 10.1. The van der Waals surface area contributed by atoms with E-state index in [0.717, 1.165) is 44.9 Å². The molecule has 0 N–H and O–H groups in total. The third-order valence-corrected chi connectivity index (χ3v) is 10.1. The molecule has 4 heteroatoms. The van der Waals surface area contributed by atoms with Gasteiger partial charge in [-0.3, -0.25) is 0 Å². The number of fused-ring (bicyclic) bond motifs is 7. The molecule has 49 heavy (non-hydrogen) atoms. The Labute approximate surface area is 299 Å². The monoisotopic (exact) mass is 805 g/mol. The summed E-state index contributed by atoms with van der Waals surface area (Å²) in [7, 11) is 2.04. The van der Waals surface area contributed by atoms with Crippen LogP contribution in [-0.2, 0) is 26.5 Å². The van der Waals surface area contributed by atoms with Gasteiger partial charge < -0.3 is 4.57 Å². The topological polar surface area (TPSA) is 10.9 Å². The second kappa shape index (κ2) is 11.2. The predicted octanol–water partition coefficient (Wildman–Crippen LogP) is 9.84. The quantitative estimate of drug-likeness (QED) is 0.124. The Morgan fingerprint density at radius 1 is 0.612 bits per heavy atom. The molecule has 2 heterocycles. The first-order chi connectivity index (χ1) is 23.7. The van der Waals surface area contributed by atoms with Crippen LogP contribution in [0.3, 0.4) is 0 Å². The fraction of sp³-hybridized carbons (Fsp3) is 0.0444. The van der Waals surface area contributed by atoms with Crippen LogP contribution in [0.4, 0.5) is 17.1 Å². The zero-order valence-electron chi connectivity index (χ0n) is 26.6. The molecule has 0 saturated carbocycles. The molecule has 0 atom stereocenters. The summed E-state index contributed by atoms with van der Waals surface area (Å²) in [5, 5.41) is 2.39. The zero-order chi connectivity index (χ0) is 31.8. The summed E-state index contributed by atoms with van der Waals surface area (Å²) in [5.74, 6) is 0. The van der Waals surface area contributed by atoms with Gasteiger partial charge in [0.15, 0.2) is 7.05 Å². The molecule has 7 aromatic carbocycles. The fourth-order valence-electron chi connectivity index (χ4n) is 8.05. The van der Waals surface area contributed by atoms with Gasteiger partial charge in [0.1, 0.15) is 5.69 Å². The van der Waals surface area contributed by atoms with Gasteiger partial charge in [0.05, 0.1) is 0 Å². The van der Waals surface area contributed by atoms with E-state index in [1.54, 1.807) is 0 Å². The minimum Gasteiger partial charge on any atom is -0.387 e. The van der Waals surface area contributed by atoms with E-state index in [1.807, 2.05) is 23.8 Å². The van der Waals surface area contributed by atoms with Gasteiger partial charge in [-0.25, -0.2) is 0 Å². The van der Waals surface area contributed by atoms with Crippen LogP contribution in [0, 0.1) is 18.2 Å². The van der Waals surface area contributed by atoms with Crippen LogP contribution >= 0.6 is 0 Å². The van der Waals surface area contributed by atoms with Crippen LogP contribution < -0.4 is 4.58 Å². The summed E-state index contributed by atoms with van der Waals surface area (Å²) < 4.78 is 6.47. The molecule has 8 aromatic rings. The number of para-hydroxylation sites is 4. The van der Waals surface area contributed by atoms with Crippen molar-refractivity contribution in [2.75, 3.05) is 7.05 Å². The second-order valence-corrected chi connectivity index (χ2v) is 12.5. The average molecular weight is 806 g/mol. The van der Waals surface area contributed by atoms with Crippen molar-refractivity contribution < 1.29 is 25.6 Å². The maximum atomic E-state index is 3.93. The predicted molar refractivity (Wildman–Crippen MR) is 193 cm³/mol. The maximum Gasteiger partial charge on any atom is 0.494 e. The maximum absolute atomic E-state index is 3.93. The molecule has 2 aliphatic rings. The molecule has 0 saturated heterocycles. The van der Waals surface area contributed by atoms with Crippen LogP contribution in [0.5, 0.6) is 0 Å². The van der Waals surface area contributed by atoms with Crippen molar-refractivity contribution in [3.63, 3.8) is 0 Å². The third kappa shape index (κ3) is 4.13. The molecule has 10 rings (SSSR count). The van der Waals surface area contributed by atoms with E-state index in [0.29, 0.717) is 0 Å². The van der Waals surface area contributed by atoms with E-state index >= 15 is 0 Å². The van der Waals surface area contributed by atoms with Gasteiger partial charge in [0.2, 0.25) is 0 Å². The molecule has 0 fully saturated rings. The Morgan fingerprint density at radius 3 is 2.08 bits per heavy atom. The van der Waals surface area contributed by atoms with Crippen molar-refractivity contribution in [1.29, 1.82) is 0 Å². The van der Waals surface area contributed by atoms with Crippen molar-refractivity contribution in [1.82, 2.24) is 9.14 Å². The zero-order valence-corrected chi connectivity index (χ0v) is 28.9. The molecule has 1 aliphatic carbocycles. The summed E-state index contributed by atoms with van der Waals surface area (Å²) in [6, 6.07) is 68.8. The molecule has 1 aromatic heterocycles. The van der Waals surface area contributed by atoms with E-state index in [9.17, 15) is 0 Å². The van der Waals surface area contributed by atoms with E-state index in [4.69, 9.17) is 0 Å². The van der Waals surface area contributed by atoms with Gasteiger partial charge in [-0.05, 0) is 33.7 Å². The number of hydrogen-bond donors (Lipinski definition) is 0. The smallest absolute Gasteiger partial charge is 0.387 e. The molecule has 234 valence electrons. The molecule has 0 radical (unpaired) electrons. The first kappa shape index (κ1) is 29.5. The Bertz CT molecular complexity index is 2630. The number of hydrogen-bond acceptors (Lipinski definition) is 0. The second-order valence-electron chi connectivity index (χ2n) is 12.5. The Hall–Kier alpha value is -5.59. The van der Waals surface area contributed by atoms with Crippen LogP contribution in [0.2, 0.25) is 0 Å². The number of aromatic nitrogens is 1. The molecular formula is C45H28N3Pt-.